The van der Waals surface area contributed by atoms with E-state index in [-0.39, 0.29) is 11.5 Å². The van der Waals surface area contributed by atoms with Crippen LogP contribution in [0.25, 0.3) is 22.3 Å². The van der Waals surface area contributed by atoms with Crippen LogP contribution >= 0.6 is 0 Å². The molecule has 0 spiro atoms. The molecule has 2 heterocycles. The van der Waals surface area contributed by atoms with E-state index >= 15 is 0 Å². The number of ether oxygens (including phenoxy) is 2. The number of nitrogens with zero attached hydrogens (tertiary/aromatic N) is 3. The van der Waals surface area contributed by atoms with Gasteiger partial charge in [0.1, 0.15) is 22.7 Å². The second-order valence-corrected chi connectivity index (χ2v) is 8.33. The van der Waals surface area contributed by atoms with Crippen molar-refractivity contribution in [3.8, 4) is 22.9 Å². The number of hydrogen-bond donors (Lipinski definition) is 1. The number of rotatable bonds is 5. The van der Waals surface area contributed by atoms with E-state index in [2.05, 4.69) is 14.9 Å². The number of hydrogen-bond acceptors (Lipinski definition) is 6. The molecule has 0 aliphatic carbocycles. The van der Waals surface area contributed by atoms with Crippen LogP contribution in [-0.4, -0.2) is 61.2 Å². The minimum atomic E-state index is -0.271. The molecule has 8 nitrogen and oxygen atoms in total. The Morgan fingerprint density at radius 3 is 2.29 bits per heavy atom. The zero-order valence-corrected chi connectivity index (χ0v) is 19.7. The second-order valence-electron chi connectivity index (χ2n) is 8.33. The first kappa shape index (κ1) is 22.5. The summed E-state index contributed by atoms with van der Waals surface area (Å²) in [6, 6.07) is 20.7. The lowest BCUT2D eigenvalue weighted by Gasteiger charge is -2.36. The van der Waals surface area contributed by atoms with E-state index in [1.807, 2.05) is 59.5 Å². The minimum Gasteiger partial charge on any atom is -0.497 e. The summed E-state index contributed by atoms with van der Waals surface area (Å²) in [5.41, 5.74) is 2.81. The van der Waals surface area contributed by atoms with Gasteiger partial charge in [-0.15, -0.1) is 0 Å². The molecule has 1 N–H and O–H groups in total. The molecule has 0 radical (unpaired) electrons. The van der Waals surface area contributed by atoms with Gasteiger partial charge in [0.15, 0.2) is 0 Å². The summed E-state index contributed by atoms with van der Waals surface area (Å²) in [6.07, 6.45) is 0. The van der Waals surface area contributed by atoms with Crippen LogP contribution in [-0.2, 0) is 0 Å². The molecule has 0 atom stereocenters. The molecule has 35 heavy (non-hydrogen) atoms. The molecule has 0 unspecified atom stereocenters. The van der Waals surface area contributed by atoms with Crippen LogP contribution in [0.2, 0.25) is 0 Å². The molecule has 1 saturated heterocycles. The fourth-order valence-corrected chi connectivity index (χ4v) is 4.39. The smallest absolute Gasteiger partial charge is 0.262 e. The number of piperazine rings is 1. The van der Waals surface area contributed by atoms with Crippen LogP contribution in [0.15, 0.2) is 71.5 Å². The van der Waals surface area contributed by atoms with Crippen LogP contribution < -0.4 is 19.9 Å². The van der Waals surface area contributed by atoms with E-state index in [9.17, 15) is 9.59 Å². The van der Waals surface area contributed by atoms with Gasteiger partial charge in [0.05, 0.1) is 19.7 Å². The Kier molecular flexibility index (Phi) is 6.10. The molecule has 5 rings (SSSR count). The predicted molar refractivity (Wildman–Crippen MR) is 135 cm³/mol. The maximum Gasteiger partial charge on any atom is 0.262 e. The first-order valence-corrected chi connectivity index (χ1v) is 11.4. The van der Waals surface area contributed by atoms with Crippen molar-refractivity contribution in [1.82, 2.24) is 14.9 Å². The number of carbonyl (C=O) groups excluding carboxylic acids is 1. The number of aromatic nitrogens is 2. The molecule has 0 bridgehead atoms. The summed E-state index contributed by atoms with van der Waals surface area (Å²) in [6.45, 7) is 2.84. The summed E-state index contributed by atoms with van der Waals surface area (Å²) in [7, 11) is 3.07. The maximum absolute atomic E-state index is 12.8. The van der Waals surface area contributed by atoms with Crippen molar-refractivity contribution in [2.75, 3.05) is 45.3 Å². The first-order chi connectivity index (χ1) is 17.1. The van der Waals surface area contributed by atoms with Gasteiger partial charge in [-0.05, 0) is 36.4 Å². The van der Waals surface area contributed by atoms with Gasteiger partial charge >= 0.3 is 0 Å². The van der Waals surface area contributed by atoms with Crippen molar-refractivity contribution < 1.29 is 14.3 Å². The van der Waals surface area contributed by atoms with Gasteiger partial charge in [-0.3, -0.25) is 9.59 Å². The Morgan fingerprint density at radius 1 is 0.914 bits per heavy atom. The van der Waals surface area contributed by atoms with Crippen LogP contribution in [0.5, 0.6) is 11.5 Å². The monoisotopic (exact) mass is 470 g/mol. The lowest BCUT2D eigenvalue weighted by Crippen LogP contribution is -2.48. The summed E-state index contributed by atoms with van der Waals surface area (Å²) in [5, 5.41) is 0.386. The Labute approximate surface area is 202 Å². The van der Waals surface area contributed by atoms with E-state index in [1.54, 1.807) is 19.2 Å². The normalized spacial score (nSPS) is 13.7. The summed E-state index contributed by atoms with van der Waals surface area (Å²) in [5.74, 6) is 1.53. The Morgan fingerprint density at radius 2 is 1.63 bits per heavy atom. The highest BCUT2D eigenvalue weighted by Crippen LogP contribution is 2.29. The molecule has 3 aromatic carbocycles. The molecule has 178 valence electrons. The number of methoxy groups -OCH3 is 2. The molecular formula is C27H26N4O4. The van der Waals surface area contributed by atoms with E-state index in [1.165, 1.54) is 7.11 Å². The van der Waals surface area contributed by atoms with Crippen molar-refractivity contribution in [1.29, 1.82) is 0 Å². The summed E-state index contributed by atoms with van der Waals surface area (Å²) >= 11 is 0. The molecule has 8 heteroatoms. The highest BCUT2D eigenvalue weighted by Gasteiger charge is 2.22. The molecular weight excluding hydrogens is 444 g/mol. The lowest BCUT2D eigenvalue weighted by atomic mass is 10.1. The van der Waals surface area contributed by atoms with Crippen molar-refractivity contribution in [3.05, 3.63) is 82.6 Å². The van der Waals surface area contributed by atoms with Gasteiger partial charge in [0.2, 0.25) is 0 Å². The Balaban J connectivity index is 1.33. The maximum atomic E-state index is 12.8. The van der Waals surface area contributed by atoms with Gasteiger partial charge in [-0.2, -0.15) is 0 Å². The van der Waals surface area contributed by atoms with E-state index in [0.717, 1.165) is 29.9 Å². The van der Waals surface area contributed by atoms with E-state index < -0.39 is 0 Å². The van der Waals surface area contributed by atoms with Crippen molar-refractivity contribution in [2.24, 2.45) is 0 Å². The standard InChI is InChI=1S/C27H26N4O4/c1-34-21-16-22-24(23(17-21)35-2)26(32)29-25(28-22)18-8-10-20(11-9-18)30-12-14-31(15-13-30)27(33)19-6-4-3-5-7-19/h3-11,16-17H,12-15H2,1-2H3,(H,28,29,32). The van der Waals surface area contributed by atoms with Crippen LogP contribution in [0.3, 0.4) is 0 Å². The molecule has 1 fully saturated rings. The number of fused-ring (bicyclic) bond motifs is 1. The van der Waals surface area contributed by atoms with E-state index in [0.29, 0.717) is 41.3 Å². The molecule has 1 aliphatic heterocycles. The Bertz CT molecular complexity index is 1410. The zero-order chi connectivity index (χ0) is 24.4. The highest BCUT2D eigenvalue weighted by atomic mass is 16.5. The van der Waals surface area contributed by atoms with Gasteiger partial charge in [-0.25, -0.2) is 4.98 Å². The quantitative estimate of drug-likeness (QED) is 0.480. The SMILES string of the molecule is COc1cc(OC)c2c(=O)[nH]c(-c3ccc(N4CCN(C(=O)c5ccccc5)CC4)cc3)nc2c1. The van der Waals surface area contributed by atoms with Gasteiger partial charge in [-0.1, -0.05) is 18.2 Å². The summed E-state index contributed by atoms with van der Waals surface area (Å²) < 4.78 is 10.7. The predicted octanol–water partition coefficient (Wildman–Crippen LogP) is 3.57. The van der Waals surface area contributed by atoms with E-state index in [4.69, 9.17) is 9.47 Å². The van der Waals surface area contributed by atoms with Crippen molar-refractivity contribution >= 4 is 22.5 Å². The average Bonchev–Trinajstić information content (AvgIpc) is 2.92. The minimum absolute atomic E-state index is 0.0696. The first-order valence-electron chi connectivity index (χ1n) is 11.4. The third kappa shape index (κ3) is 4.42. The average molecular weight is 471 g/mol. The number of benzene rings is 3. The third-order valence-electron chi connectivity index (χ3n) is 6.30. The largest absolute Gasteiger partial charge is 0.497 e. The molecule has 1 aliphatic rings. The number of nitrogens with one attached hydrogen (secondary N) is 1. The third-order valence-corrected chi connectivity index (χ3v) is 6.30. The fraction of sp³-hybridized carbons (Fsp3) is 0.222. The molecule has 1 amide bonds. The molecule has 4 aromatic rings. The number of H-pyrrole nitrogens is 1. The molecule has 1 aromatic heterocycles. The van der Waals surface area contributed by atoms with Gasteiger partial charge < -0.3 is 24.3 Å². The van der Waals surface area contributed by atoms with Crippen LogP contribution in [0, 0.1) is 0 Å². The zero-order valence-electron chi connectivity index (χ0n) is 19.7. The lowest BCUT2D eigenvalue weighted by molar-refractivity contribution is 0.0747. The van der Waals surface area contributed by atoms with Crippen LogP contribution in [0.1, 0.15) is 10.4 Å². The molecule has 0 saturated carbocycles. The highest BCUT2D eigenvalue weighted by molar-refractivity contribution is 5.94. The van der Waals surface area contributed by atoms with Crippen molar-refractivity contribution in [2.45, 2.75) is 0 Å². The van der Waals surface area contributed by atoms with Gasteiger partial charge in [0.25, 0.3) is 11.5 Å². The number of amides is 1. The van der Waals surface area contributed by atoms with Crippen LogP contribution in [0.4, 0.5) is 5.69 Å². The van der Waals surface area contributed by atoms with Gasteiger partial charge in [0, 0.05) is 55.1 Å². The Hall–Kier alpha value is -4.33. The number of carbonyl (C=O) groups is 1. The fourth-order valence-electron chi connectivity index (χ4n) is 4.39. The number of aromatic amines is 1. The summed E-state index contributed by atoms with van der Waals surface area (Å²) in [4.78, 5) is 37.2. The van der Waals surface area contributed by atoms with Crippen molar-refractivity contribution in [3.63, 3.8) is 0 Å². The topological polar surface area (TPSA) is 87.8 Å². The second kappa shape index (κ2) is 9.50. The number of anilines is 1.